The summed E-state index contributed by atoms with van der Waals surface area (Å²) in [6.07, 6.45) is 3.13. The fraction of sp³-hybridized carbons (Fsp3) is 0.211. The van der Waals surface area contributed by atoms with Crippen LogP contribution in [0.3, 0.4) is 0 Å². The van der Waals surface area contributed by atoms with E-state index < -0.39 is 5.82 Å². The van der Waals surface area contributed by atoms with Crippen molar-refractivity contribution < 1.29 is 13.9 Å². The molecular formula is C19H14ClFN4O2. The number of carbonyl (C=O) groups is 1. The zero-order valence-corrected chi connectivity index (χ0v) is 15.1. The lowest BCUT2D eigenvalue weighted by atomic mass is 10.0. The first kappa shape index (κ1) is 17.3. The standard InChI is InChI=1S/C19H14ClFN4O2/c1-11-13(19(26)24-8-12(7-22)9-24)10-25-18(11)16(5-6-23-25)27-15-4-2-3-14(20)17(15)21/h2-6,10,12H,8-9H2,1H3. The van der Waals surface area contributed by atoms with Gasteiger partial charge in [-0.25, -0.2) is 8.91 Å². The van der Waals surface area contributed by atoms with Crippen LogP contribution in [0.5, 0.6) is 11.5 Å². The molecule has 0 radical (unpaired) electrons. The molecule has 1 fully saturated rings. The fourth-order valence-electron chi connectivity index (χ4n) is 3.10. The third-order valence-electron chi connectivity index (χ3n) is 4.61. The molecule has 3 heterocycles. The van der Waals surface area contributed by atoms with E-state index in [9.17, 15) is 9.18 Å². The van der Waals surface area contributed by atoms with Crippen LogP contribution in [-0.2, 0) is 0 Å². The second-order valence-corrected chi connectivity index (χ2v) is 6.75. The number of hydrogen-bond acceptors (Lipinski definition) is 4. The smallest absolute Gasteiger partial charge is 0.255 e. The maximum Gasteiger partial charge on any atom is 0.255 e. The second kappa shape index (κ2) is 6.56. The van der Waals surface area contributed by atoms with Crippen LogP contribution >= 0.6 is 11.6 Å². The normalized spacial score (nSPS) is 14.1. The maximum atomic E-state index is 14.2. The fourth-order valence-corrected chi connectivity index (χ4v) is 3.27. The number of rotatable bonds is 3. The highest BCUT2D eigenvalue weighted by Gasteiger charge is 2.33. The number of nitriles is 1. The Labute approximate surface area is 159 Å². The van der Waals surface area contributed by atoms with Crippen molar-refractivity contribution in [3.05, 3.63) is 58.6 Å². The van der Waals surface area contributed by atoms with E-state index in [0.29, 0.717) is 35.5 Å². The van der Waals surface area contributed by atoms with Crippen molar-refractivity contribution in [2.75, 3.05) is 13.1 Å². The zero-order valence-electron chi connectivity index (χ0n) is 14.3. The van der Waals surface area contributed by atoms with Crippen LogP contribution in [0.1, 0.15) is 15.9 Å². The van der Waals surface area contributed by atoms with Crippen LogP contribution in [0.15, 0.2) is 36.7 Å². The predicted octanol–water partition coefficient (Wildman–Crippen LogP) is 3.82. The Kier molecular flexibility index (Phi) is 4.21. The summed E-state index contributed by atoms with van der Waals surface area (Å²) in [4.78, 5) is 14.3. The number of likely N-dealkylation sites (tertiary alicyclic amines) is 1. The van der Waals surface area contributed by atoms with Crippen molar-refractivity contribution in [3.63, 3.8) is 0 Å². The Morgan fingerprint density at radius 2 is 2.15 bits per heavy atom. The molecule has 136 valence electrons. The lowest BCUT2D eigenvalue weighted by molar-refractivity contribution is 0.0576. The van der Waals surface area contributed by atoms with Crippen LogP contribution in [0.25, 0.3) is 5.52 Å². The molecule has 1 amide bonds. The van der Waals surface area contributed by atoms with Gasteiger partial charge in [-0.1, -0.05) is 17.7 Å². The van der Waals surface area contributed by atoms with Gasteiger partial charge in [0.25, 0.3) is 5.91 Å². The maximum absolute atomic E-state index is 14.2. The molecular weight excluding hydrogens is 371 g/mol. The highest BCUT2D eigenvalue weighted by Crippen LogP contribution is 2.34. The van der Waals surface area contributed by atoms with Crippen molar-refractivity contribution in [3.8, 4) is 17.6 Å². The number of benzene rings is 1. The average molecular weight is 385 g/mol. The van der Waals surface area contributed by atoms with Gasteiger partial charge < -0.3 is 9.64 Å². The lowest BCUT2D eigenvalue weighted by Gasteiger charge is -2.35. The van der Waals surface area contributed by atoms with Gasteiger partial charge in [0, 0.05) is 25.4 Å². The summed E-state index contributed by atoms with van der Waals surface area (Å²) in [7, 11) is 0. The molecule has 0 unspecified atom stereocenters. The van der Waals surface area contributed by atoms with E-state index in [2.05, 4.69) is 11.2 Å². The minimum atomic E-state index is -0.655. The molecule has 0 bridgehead atoms. The first-order valence-corrected chi connectivity index (χ1v) is 8.65. The molecule has 0 saturated carbocycles. The Bertz CT molecular complexity index is 1100. The summed E-state index contributed by atoms with van der Waals surface area (Å²) in [5.74, 6) is -0.582. The molecule has 6 nitrogen and oxygen atoms in total. The number of amides is 1. The van der Waals surface area contributed by atoms with Gasteiger partial charge in [0.15, 0.2) is 17.3 Å². The highest BCUT2D eigenvalue weighted by atomic mass is 35.5. The summed E-state index contributed by atoms with van der Waals surface area (Å²) >= 11 is 5.81. The zero-order chi connectivity index (χ0) is 19.1. The van der Waals surface area contributed by atoms with Gasteiger partial charge in [0.1, 0.15) is 5.52 Å². The summed E-state index contributed by atoms with van der Waals surface area (Å²) in [6.45, 7) is 2.63. The van der Waals surface area contributed by atoms with E-state index >= 15 is 0 Å². The van der Waals surface area contributed by atoms with Gasteiger partial charge in [-0.05, 0) is 24.6 Å². The molecule has 0 aliphatic carbocycles. The first-order valence-electron chi connectivity index (χ1n) is 8.27. The third kappa shape index (κ3) is 2.88. The summed E-state index contributed by atoms with van der Waals surface area (Å²) in [5, 5.41) is 13.1. The minimum absolute atomic E-state index is 0.0105. The van der Waals surface area contributed by atoms with Gasteiger partial charge in [-0.15, -0.1) is 0 Å². The van der Waals surface area contributed by atoms with Crippen LogP contribution in [-0.4, -0.2) is 33.5 Å². The quantitative estimate of drug-likeness (QED) is 0.688. The Balaban J connectivity index is 1.71. The number of carbonyl (C=O) groups excluding carboxylic acids is 1. The van der Waals surface area contributed by atoms with Gasteiger partial charge in [0.2, 0.25) is 0 Å². The van der Waals surface area contributed by atoms with Crippen LogP contribution in [0.4, 0.5) is 4.39 Å². The van der Waals surface area contributed by atoms with Gasteiger partial charge in [-0.2, -0.15) is 10.4 Å². The number of fused-ring (bicyclic) bond motifs is 1. The van der Waals surface area contributed by atoms with E-state index in [-0.39, 0.29) is 22.6 Å². The molecule has 27 heavy (non-hydrogen) atoms. The minimum Gasteiger partial charge on any atom is -0.452 e. The molecule has 8 heteroatoms. The molecule has 3 aromatic rings. The summed E-state index contributed by atoms with van der Waals surface area (Å²) in [5.41, 5.74) is 1.71. The van der Waals surface area contributed by atoms with Crippen LogP contribution < -0.4 is 4.74 Å². The van der Waals surface area contributed by atoms with Gasteiger partial charge in [0.05, 0.1) is 28.8 Å². The third-order valence-corrected chi connectivity index (χ3v) is 4.90. The van der Waals surface area contributed by atoms with Crippen molar-refractivity contribution >= 4 is 23.0 Å². The van der Waals surface area contributed by atoms with Gasteiger partial charge in [-0.3, -0.25) is 4.79 Å². The van der Waals surface area contributed by atoms with E-state index in [1.54, 1.807) is 30.2 Å². The lowest BCUT2D eigenvalue weighted by Crippen LogP contribution is -2.49. The van der Waals surface area contributed by atoms with Crippen LogP contribution in [0.2, 0.25) is 5.02 Å². The molecule has 0 N–H and O–H groups in total. The molecule has 4 rings (SSSR count). The van der Waals surface area contributed by atoms with E-state index in [1.807, 2.05) is 0 Å². The number of aryl methyl sites for hydroxylation is 1. The number of hydrogen-bond donors (Lipinski definition) is 0. The summed E-state index contributed by atoms with van der Waals surface area (Å²) in [6, 6.07) is 8.26. The van der Waals surface area contributed by atoms with E-state index in [4.69, 9.17) is 21.6 Å². The molecule has 1 aliphatic rings. The van der Waals surface area contributed by atoms with Crippen molar-refractivity contribution in [2.45, 2.75) is 6.92 Å². The van der Waals surface area contributed by atoms with E-state index in [0.717, 1.165) is 0 Å². The van der Waals surface area contributed by atoms with Crippen LogP contribution in [0, 0.1) is 30.0 Å². The van der Waals surface area contributed by atoms with Crippen molar-refractivity contribution in [1.29, 1.82) is 5.26 Å². The van der Waals surface area contributed by atoms with Crippen molar-refractivity contribution in [1.82, 2.24) is 14.5 Å². The Morgan fingerprint density at radius 1 is 1.37 bits per heavy atom. The molecule has 1 saturated heterocycles. The predicted molar refractivity (Wildman–Crippen MR) is 96.4 cm³/mol. The second-order valence-electron chi connectivity index (χ2n) is 6.35. The number of ether oxygens (including phenoxy) is 1. The Morgan fingerprint density at radius 3 is 2.89 bits per heavy atom. The topological polar surface area (TPSA) is 70.6 Å². The number of halogens is 2. The highest BCUT2D eigenvalue weighted by molar-refractivity contribution is 6.30. The number of aromatic nitrogens is 2. The average Bonchev–Trinajstić information content (AvgIpc) is 2.96. The molecule has 2 aromatic heterocycles. The monoisotopic (exact) mass is 384 g/mol. The SMILES string of the molecule is Cc1c(C(=O)N2CC(C#N)C2)cn2nccc(Oc3cccc(Cl)c3F)c12. The van der Waals surface area contributed by atoms with Gasteiger partial charge >= 0.3 is 0 Å². The summed E-state index contributed by atoms with van der Waals surface area (Å²) < 4.78 is 21.4. The van der Waals surface area contributed by atoms with Crippen molar-refractivity contribution in [2.24, 2.45) is 5.92 Å². The molecule has 1 aromatic carbocycles. The van der Waals surface area contributed by atoms with E-state index in [1.165, 1.54) is 22.8 Å². The largest absolute Gasteiger partial charge is 0.452 e. The number of nitrogens with zero attached hydrogens (tertiary/aromatic N) is 4. The molecule has 0 spiro atoms. The Hall–Kier alpha value is -3.11. The first-order chi connectivity index (χ1) is 13.0. The molecule has 0 atom stereocenters. The molecule has 1 aliphatic heterocycles.